The van der Waals surface area contributed by atoms with Crippen LogP contribution in [0.15, 0.2) is 60.7 Å². The minimum atomic E-state index is -0.403. The number of ether oxygens (including phenoxy) is 1. The van der Waals surface area contributed by atoms with Crippen LogP contribution in [-0.4, -0.2) is 73.2 Å². The van der Waals surface area contributed by atoms with Gasteiger partial charge in [-0.3, -0.25) is 4.79 Å². The summed E-state index contributed by atoms with van der Waals surface area (Å²) in [6.07, 6.45) is 1.75. The fourth-order valence-corrected chi connectivity index (χ4v) is 5.53. The SMILES string of the molecule is CN1CCN(c2ccc(C(=O)Nc3nn(OCc4cc(F)ccc4Cl)c4ccccc34)c(NC3CCOCC3)c2)CC1. The van der Waals surface area contributed by atoms with Crippen LogP contribution in [0.2, 0.25) is 5.02 Å². The standard InChI is InChI=1S/C31H34ClFN6O3/c1-37-12-14-38(15-13-37)24-7-8-25(28(19-24)34-23-10-16-41-17-11-23)31(40)35-30-26-4-2-3-5-29(26)39(36-30)42-20-21-18-22(33)6-9-27(21)32/h2-9,18-19,23,34H,10-17,20H2,1H3,(H,35,36,40). The first-order valence-electron chi connectivity index (χ1n) is 14.2. The van der Waals surface area contributed by atoms with E-state index in [0.29, 0.717) is 46.1 Å². The Morgan fingerprint density at radius 1 is 1.07 bits per heavy atom. The van der Waals surface area contributed by atoms with Gasteiger partial charge in [0, 0.05) is 72.8 Å². The summed E-state index contributed by atoms with van der Waals surface area (Å²) in [4.78, 5) is 25.7. The van der Waals surface area contributed by atoms with Gasteiger partial charge in [0.15, 0.2) is 5.82 Å². The molecule has 3 aromatic carbocycles. The molecule has 1 aromatic heterocycles. The molecule has 11 heteroatoms. The van der Waals surface area contributed by atoms with E-state index >= 15 is 0 Å². The maximum Gasteiger partial charge on any atom is 0.258 e. The van der Waals surface area contributed by atoms with Gasteiger partial charge in [-0.2, -0.15) is 0 Å². The summed E-state index contributed by atoms with van der Waals surface area (Å²) in [7, 11) is 2.13. The van der Waals surface area contributed by atoms with Gasteiger partial charge in [-0.1, -0.05) is 28.6 Å². The molecule has 2 aliphatic heterocycles. The number of piperazine rings is 1. The molecule has 6 rings (SSSR count). The molecule has 2 N–H and O–H groups in total. The summed E-state index contributed by atoms with van der Waals surface area (Å²) in [5.74, 6) is -0.320. The lowest BCUT2D eigenvalue weighted by molar-refractivity contribution is 0.0799. The van der Waals surface area contributed by atoms with Crippen LogP contribution in [0.5, 0.6) is 0 Å². The number of hydrogen-bond donors (Lipinski definition) is 2. The maximum absolute atomic E-state index is 13.8. The highest BCUT2D eigenvalue weighted by molar-refractivity contribution is 6.31. The van der Waals surface area contributed by atoms with E-state index in [4.69, 9.17) is 21.2 Å². The predicted octanol–water partition coefficient (Wildman–Crippen LogP) is 5.05. The van der Waals surface area contributed by atoms with Crippen LogP contribution in [0.4, 0.5) is 21.6 Å². The number of amides is 1. The van der Waals surface area contributed by atoms with E-state index in [2.05, 4.69) is 38.6 Å². The number of likely N-dealkylation sites (N-methyl/N-ethyl adjacent to an activating group) is 1. The Kier molecular flexibility index (Phi) is 8.46. The molecule has 2 fully saturated rings. The Bertz CT molecular complexity index is 1570. The van der Waals surface area contributed by atoms with E-state index in [1.54, 1.807) is 0 Å². The number of anilines is 3. The fourth-order valence-electron chi connectivity index (χ4n) is 5.36. The van der Waals surface area contributed by atoms with Crippen LogP contribution < -0.4 is 20.4 Å². The topological polar surface area (TPSA) is 83.9 Å². The van der Waals surface area contributed by atoms with Gasteiger partial charge in [-0.25, -0.2) is 4.39 Å². The molecular weight excluding hydrogens is 559 g/mol. The molecule has 0 saturated carbocycles. The molecule has 0 radical (unpaired) electrons. The van der Waals surface area contributed by atoms with Gasteiger partial charge in [0.25, 0.3) is 5.91 Å². The van der Waals surface area contributed by atoms with Crippen molar-refractivity contribution in [3.05, 3.63) is 82.6 Å². The molecule has 2 saturated heterocycles. The van der Waals surface area contributed by atoms with Crippen molar-refractivity contribution in [1.29, 1.82) is 0 Å². The van der Waals surface area contributed by atoms with Crippen LogP contribution in [0.1, 0.15) is 28.8 Å². The van der Waals surface area contributed by atoms with Crippen molar-refractivity contribution in [3.8, 4) is 0 Å². The van der Waals surface area contributed by atoms with Gasteiger partial charge in [0.1, 0.15) is 17.9 Å². The largest absolute Gasteiger partial charge is 0.391 e. The lowest BCUT2D eigenvalue weighted by Gasteiger charge is -2.34. The number of halogens is 2. The molecule has 0 bridgehead atoms. The third-order valence-electron chi connectivity index (χ3n) is 7.84. The smallest absolute Gasteiger partial charge is 0.258 e. The van der Waals surface area contributed by atoms with Crippen molar-refractivity contribution in [2.24, 2.45) is 0 Å². The fraction of sp³-hybridized carbons (Fsp3) is 0.355. The van der Waals surface area contributed by atoms with E-state index in [0.717, 1.165) is 50.4 Å². The number of nitrogens with zero attached hydrogens (tertiary/aromatic N) is 4. The highest BCUT2D eigenvalue weighted by Crippen LogP contribution is 2.29. The molecule has 3 heterocycles. The van der Waals surface area contributed by atoms with Crippen LogP contribution in [-0.2, 0) is 11.3 Å². The van der Waals surface area contributed by atoms with Crippen molar-refractivity contribution in [2.75, 3.05) is 62.0 Å². The average Bonchev–Trinajstić information content (AvgIpc) is 3.35. The van der Waals surface area contributed by atoms with E-state index in [1.807, 2.05) is 36.4 Å². The van der Waals surface area contributed by atoms with E-state index in [-0.39, 0.29) is 18.6 Å². The molecule has 9 nitrogen and oxygen atoms in total. The van der Waals surface area contributed by atoms with Gasteiger partial charge < -0.3 is 30.0 Å². The minimum Gasteiger partial charge on any atom is -0.391 e. The molecule has 0 spiro atoms. The second kappa shape index (κ2) is 12.6. The number of aromatic nitrogens is 2. The number of para-hydroxylation sites is 1. The monoisotopic (exact) mass is 592 g/mol. The number of benzene rings is 3. The third-order valence-corrected chi connectivity index (χ3v) is 8.20. The Labute approximate surface area is 249 Å². The molecule has 2 aliphatic rings. The molecule has 42 heavy (non-hydrogen) atoms. The zero-order valence-corrected chi connectivity index (χ0v) is 24.2. The van der Waals surface area contributed by atoms with E-state index in [9.17, 15) is 9.18 Å². The first-order chi connectivity index (χ1) is 20.4. The van der Waals surface area contributed by atoms with Crippen LogP contribution >= 0.6 is 11.6 Å². The molecule has 220 valence electrons. The second-order valence-corrected chi connectivity index (χ2v) is 11.2. The highest BCUT2D eigenvalue weighted by Gasteiger charge is 2.22. The summed E-state index contributed by atoms with van der Waals surface area (Å²) in [5.41, 5.74) is 3.56. The summed E-state index contributed by atoms with van der Waals surface area (Å²) < 4.78 is 19.3. The Morgan fingerprint density at radius 2 is 1.86 bits per heavy atom. The van der Waals surface area contributed by atoms with Crippen molar-refractivity contribution < 1.29 is 18.8 Å². The molecule has 0 unspecified atom stereocenters. The lowest BCUT2D eigenvalue weighted by atomic mass is 10.1. The number of carbonyl (C=O) groups excluding carboxylic acids is 1. The molecule has 1 amide bonds. The van der Waals surface area contributed by atoms with E-state index < -0.39 is 5.82 Å². The van der Waals surface area contributed by atoms with Gasteiger partial charge in [-0.05, 0) is 68.4 Å². The van der Waals surface area contributed by atoms with Gasteiger partial charge >= 0.3 is 0 Å². The van der Waals surface area contributed by atoms with Crippen molar-refractivity contribution in [2.45, 2.75) is 25.5 Å². The minimum absolute atomic E-state index is 0.00256. The number of rotatable bonds is 8. The zero-order valence-electron chi connectivity index (χ0n) is 23.5. The normalized spacial score (nSPS) is 16.5. The lowest BCUT2D eigenvalue weighted by Crippen LogP contribution is -2.44. The molecule has 4 aromatic rings. The quantitative estimate of drug-likeness (QED) is 0.296. The molecule has 0 aliphatic carbocycles. The average molecular weight is 593 g/mol. The van der Waals surface area contributed by atoms with Crippen LogP contribution in [0.3, 0.4) is 0 Å². The van der Waals surface area contributed by atoms with Crippen molar-refractivity contribution >= 4 is 45.6 Å². The Hall–Kier alpha value is -3.86. The number of nitrogens with one attached hydrogen (secondary N) is 2. The summed E-state index contributed by atoms with van der Waals surface area (Å²) >= 11 is 6.22. The summed E-state index contributed by atoms with van der Waals surface area (Å²) in [6.45, 7) is 5.25. The molecular formula is C31H34ClFN6O3. The van der Waals surface area contributed by atoms with Crippen molar-refractivity contribution in [1.82, 2.24) is 14.8 Å². The predicted molar refractivity (Wildman–Crippen MR) is 163 cm³/mol. The van der Waals surface area contributed by atoms with Crippen LogP contribution in [0.25, 0.3) is 10.9 Å². The highest BCUT2D eigenvalue weighted by atomic mass is 35.5. The van der Waals surface area contributed by atoms with Crippen molar-refractivity contribution in [3.63, 3.8) is 0 Å². The first kappa shape index (κ1) is 28.3. The van der Waals surface area contributed by atoms with Crippen LogP contribution in [0, 0.1) is 5.82 Å². The van der Waals surface area contributed by atoms with Gasteiger partial charge in [0.05, 0.1) is 5.56 Å². The second-order valence-electron chi connectivity index (χ2n) is 10.8. The summed E-state index contributed by atoms with van der Waals surface area (Å²) in [6, 6.07) is 17.7. The zero-order chi connectivity index (χ0) is 29.1. The van der Waals surface area contributed by atoms with Gasteiger partial charge in [0.2, 0.25) is 0 Å². The van der Waals surface area contributed by atoms with Gasteiger partial charge in [-0.15, -0.1) is 5.10 Å². The Morgan fingerprint density at radius 3 is 2.67 bits per heavy atom. The third kappa shape index (κ3) is 6.30. The number of carbonyl (C=O) groups is 1. The molecule has 0 atom stereocenters. The number of hydrogen-bond acceptors (Lipinski definition) is 7. The maximum atomic E-state index is 13.8. The van der Waals surface area contributed by atoms with E-state index in [1.165, 1.54) is 23.0 Å². The summed E-state index contributed by atoms with van der Waals surface area (Å²) in [5, 5.41) is 12.3. The first-order valence-corrected chi connectivity index (χ1v) is 14.6. The number of fused-ring (bicyclic) bond motifs is 1. The Balaban J connectivity index is 1.26.